The molecule has 8 nitrogen and oxygen atoms in total. The second kappa shape index (κ2) is 39.9. The highest BCUT2D eigenvalue weighted by Gasteiger charge is 2.27. The van der Waals surface area contributed by atoms with E-state index < -0.39 is 20.0 Å². The molecule has 0 saturated heterocycles. The highest BCUT2D eigenvalue weighted by molar-refractivity contribution is 7.47. The van der Waals surface area contributed by atoms with Crippen LogP contribution >= 0.6 is 7.82 Å². The number of quaternary nitrogens is 1. The van der Waals surface area contributed by atoms with E-state index in [4.69, 9.17) is 9.05 Å². The average molecular weight is 824 g/mol. The Hall–Kier alpha value is -1.54. The number of likely N-dealkylation sites (N-methyl/N-ethyl adjacent to an activating group) is 1. The number of phosphoric acid groups is 1. The summed E-state index contributed by atoms with van der Waals surface area (Å²) in [5, 5.41) is 13.8. The van der Waals surface area contributed by atoms with Gasteiger partial charge in [0, 0.05) is 6.42 Å². The van der Waals surface area contributed by atoms with Gasteiger partial charge in [-0.3, -0.25) is 13.8 Å². The summed E-state index contributed by atoms with van der Waals surface area (Å²) in [6.07, 6.45) is 50.4. The number of amides is 1. The molecular weight excluding hydrogens is 732 g/mol. The van der Waals surface area contributed by atoms with Crippen LogP contribution in [0.3, 0.4) is 0 Å². The van der Waals surface area contributed by atoms with Crippen LogP contribution in [0.2, 0.25) is 0 Å². The van der Waals surface area contributed by atoms with Gasteiger partial charge in [-0.1, -0.05) is 178 Å². The number of aliphatic hydroxyl groups excluding tert-OH is 1. The monoisotopic (exact) mass is 824 g/mol. The molecule has 0 aliphatic rings. The lowest BCUT2D eigenvalue weighted by Gasteiger charge is -2.25. The van der Waals surface area contributed by atoms with Crippen LogP contribution in [0.5, 0.6) is 0 Å². The van der Waals surface area contributed by atoms with E-state index in [1.54, 1.807) is 6.08 Å². The number of aliphatic hydroxyl groups is 1. The molecule has 0 aromatic heterocycles. The summed E-state index contributed by atoms with van der Waals surface area (Å²) in [5.41, 5.74) is 0. The lowest BCUT2D eigenvalue weighted by molar-refractivity contribution is -0.870. The molecule has 0 aromatic carbocycles. The van der Waals surface area contributed by atoms with Gasteiger partial charge in [0.15, 0.2) is 0 Å². The molecule has 0 radical (unpaired) electrons. The minimum atomic E-state index is -4.35. The summed E-state index contributed by atoms with van der Waals surface area (Å²) in [4.78, 5) is 23.1. The summed E-state index contributed by atoms with van der Waals surface area (Å²) in [5.74, 6) is -0.202. The fourth-order valence-electron chi connectivity index (χ4n) is 6.50. The van der Waals surface area contributed by atoms with Gasteiger partial charge >= 0.3 is 7.82 Å². The van der Waals surface area contributed by atoms with Crippen LogP contribution < -0.4 is 5.32 Å². The van der Waals surface area contributed by atoms with E-state index in [0.717, 1.165) is 64.2 Å². The van der Waals surface area contributed by atoms with Crippen LogP contribution in [0.25, 0.3) is 0 Å². The van der Waals surface area contributed by atoms with Crippen LogP contribution in [0.15, 0.2) is 48.6 Å². The van der Waals surface area contributed by atoms with E-state index in [1.165, 1.54) is 116 Å². The predicted molar refractivity (Wildman–Crippen MR) is 244 cm³/mol. The molecule has 0 spiro atoms. The van der Waals surface area contributed by atoms with Crippen molar-refractivity contribution in [2.24, 2.45) is 0 Å². The molecule has 0 aliphatic heterocycles. The van der Waals surface area contributed by atoms with Gasteiger partial charge in [-0.25, -0.2) is 4.57 Å². The van der Waals surface area contributed by atoms with Crippen molar-refractivity contribution in [1.82, 2.24) is 5.32 Å². The third kappa shape index (κ3) is 42.4. The van der Waals surface area contributed by atoms with E-state index >= 15 is 0 Å². The molecule has 0 aromatic rings. The number of nitrogens with zero attached hydrogens (tertiary/aromatic N) is 1. The first-order valence-corrected chi connectivity index (χ1v) is 25.0. The van der Waals surface area contributed by atoms with Crippen LogP contribution in [-0.2, 0) is 18.4 Å². The Bertz CT molecular complexity index is 1070. The van der Waals surface area contributed by atoms with E-state index in [-0.39, 0.29) is 19.1 Å². The molecular formula is C48H92N2O6P+. The molecule has 0 bridgehead atoms. The normalized spacial score (nSPS) is 14.7. The second-order valence-corrected chi connectivity index (χ2v) is 18.6. The van der Waals surface area contributed by atoms with E-state index in [1.807, 2.05) is 27.2 Å². The molecule has 57 heavy (non-hydrogen) atoms. The maximum atomic E-state index is 12.9. The molecule has 1 amide bonds. The first-order valence-electron chi connectivity index (χ1n) is 23.5. The minimum Gasteiger partial charge on any atom is -0.387 e. The smallest absolute Gasteiger partial charge is 0.387 e. The Morgan fingerprint density at radius 1 is 0.596 bits per heavy atom. The summed E-state index contributed by atoms with van der Waals surface area (Å²) < 4.78 is 23.6. The first kappa shape index (κ1) is 55.5. The maximum absolute atomic E-state index is 12.9. The summed E-state index contributed by atoms with van der Waals surface area (Å²) >= 11 is 0. The Labute approximate surface area is 352 Å². The first-order chi connectivity index (χ1) is 27.5. The third-order valence-corrected chi connectivity index (χ3v) is 11.3. The maximum Gasteiger partial charge on any atom is 0.472 e. The number of carbonyl (C=O) groups excluding carboxylic acids is 1. The zero-order valence-corrected chi connectivity index (χ0v) is 38.7. The van der Waals surface area contributed by atoms with Gasteiger partial charge in [-0.15, -0.1) is 0 Å². The topological polar surface area (TPSA) is 105 Å². The van der Waals surface area contributed by atoms with Crippen molar-refractivity contribution in [2.75, 3.05) is 40.9 Å². The molecule has 3 N–H and O–H groups in total. The van der Waals surface area contributed by atoms with Crippen LogP contribution in [0, 0.1) is 0 Å². The molecule has 0 heterocycles. The van der Waals surface area contributed by atoms with Gasteiger partial charge < -0.3 is 19.8 Å². The van der Waals surface area contributed by atoms with Gasteiger partial charge in [-0.2, -0.15) is 0 Å². The van der Waals surface area contributed by atoms with Crippen LogP contribution in [0.1, 0.15) is 200 Å². The minimum absolute atomic E-state index is 0.0521. The number of hydrogen-bond donors (Lipinski definition) is 3. The van der Waals surface area contributed by atoms with Crippen molar-refractivity contribution in [3.63, 3.8) is 0 Å². The van der Waals surface area contributed by atoms with Gasteiger partial charge in [-0.05, 0) is 64.2 Å². The second-order valence-electron chi connectivity index (χ2n) is 17.1. The number of phosphoric ester groups is 1. The van der Waals surface area contributed by atoms with Crippen molar-refractivity contribution in [3.05, 3.63) is 48.6 Å². The molecule has 0 rings (SSSR count). The van der Waals surface area contributed by atoms with E-state index in [9.17, 15) is 19.4 Å². The van der Waals surface area contributed by atoms with Gasteiger partial charge in [0.05, 0.1) is 39.9 Å². The number of allylic oxidation sites excluding steroid dienone is 7. The molecule has 0 fully saturated rings. The quantitative estimate of drug-likeness (QED) is 0.0245. The van der Waals surface area contributed by atoms with Crippen LogP contribution in [-0.4, -0.2) is 73.4 Å². The molecule has 0 saturated carbocycles. The fourth-order valence-corrected chi connectivity index (χ4v) is 7.23. The highest BCUT2D eigenvalue weighted by Crippen LogP contribution is 2.43. The van der Waals surface area contributed by atoms with E-state index in [2.05, 4.69) is 55.6 Å². The van der Waals surface area contributed by atoms with Crippen LogP contribution in [0.4, 0.5) is 0 Å². The zero-order chi connectivity index (χ0) is 42.1. The predicted octanol–water partition coefficient (Wildman–Crippen LogP) is 13.2. The Morgan fingerprint density at radius 3 is 1.53 bits per heavy atom. The van der Waals surface area contributed by atoms with Crippen molar-refractivity contribution >= 4 is 13.7 Å². The average Bonchev–Trinajstić information content (AvgIpc) is 3.16. The molecule has 3 unspecified atom stereocenters. The number of carbonyl (C=O) groups is 1. The van der Waals surface area contributed by atoms with Crippen molar-refractivity contribution in [2.45, 2.75) is 212 Å². The molecule has 334 valence electrons. The van der Waals surface area contributed by atoms with Crippen molar-refractivity contribution in [3.8, 4) is 0 Å². The SMILES string of the molecule is CCCCCC/C=C\C/C=C\CCCCCCCC(=O)NC(COP(=O)(O)OCC[N+](C)(C)C)C(O)/C=C/CC/C=C/CCCCCCCCCCCCCCC. The molecule has 3 atom stereocenters. The number of unbranched alkanes of at least 4 members (excludes halogenated alkanes) is 23. The summed E-state index contributed by atoms with van der Waals surface area (Å²) in [6.45, 7) is 4.76. The largest absolute Gasteiger partial charge is 0.472 e. The lowest BCUT2D eigenvalue weighted by Crippen LogP contribution is -2.45. The molecule has 0 aliphatic carbocycles. The van der Waals surface area contributed by atoms with Gasteiger partial charge in [0.2, 0.25) is 5.91 Å². The number of rotatable bonds is 42. The van der Waals surface area contributed by atoms with Crippen molar-refractivity contribution in [1.29, 1.82) is 0 Å². The standard InChI is InChI=1S/C48H91N2O6P/c1-6-8-10-12-14-16-18-20-22-24-25-26-27-29-31-33-35-37-39-41-47(51)46(45-56-57(53,54)55-44-43-50(3,4)5)49-48(52)42-40-38-36-34-32-30-28-23-21-19-17-15-13-11-9-7-2/h17,19,23,28,31,33,39,41,46-47,51H,6-16,18,20-22,24-27,29-30,32,34-38,40,42-45H2,1-5H3,(H-,49,52,53,54)/p+1/b19-17-,28-23-,33-31+,41-39+. The summed E-state index contributed by atoms with van der Waals surface area (Å²) in [7, 11) is 1.54. The van der Waals surface area contributed by atoms with Gasteiger partial charge in [0.25, 0.3) is 0 Å². The fraction of sp³-hybridized carbons (Fsp3) is 0.812. The Balaban J connectivity index is 4.47. The Kier molecular flexibility index (Phi) is 38.8. The van der Waals surface area contributed by atoms with E-state index in [0.29, 0.717) is 17.4 Å². The summed E-state index contributed by atoms with van der Waals surface area (Å²) in [6, 6.07) is -0.870. The third-order valence-electron chi connectivity index (χ3n) is 10.3. The lowest BCUT2D eigenvalue weighted by atomic mass is 10.0. The number of nitrogens with one attached hydrogen (secondary N) is 1. The zero-order valence-electron chi connectivity index (χ0n) is 37.8. The number of hydrogen-bond acceptors (Lipinski definition) is 5. The van der Waals surface area contributed by atoms with Gasteiger partial charge in [0.1, 0.15) is 13.2 Å². The highest BCUT2D eigenvalue weighted by atomic mass is 31.2. The Morgan fingerprint density at radius 2 is 1.02 bits per heavy atom. The molecule has 9 heteroatoms. The van der Waals surface area contributed by atoms with Crippen molar-refractivity contribution < 1.29 is 32.9 Å².